The molecule has 3 aromatic carbocycles. The molecular formula is C28H29N3O2. The Kier molecular flexibility index (Phi) is 5.86. The quantitative estimate of drug-likeness (QED) is 0.382. The van der Waals surface area contributed by atoms with Crippen LogP contribution in [0.5, 0.6) is 5.75 Å². The van der Waals surface area contributed by atoms with Crippen molar-refractivity contribution >= 4 is 22.6 Å². The summed E-state index contributed by atoms with van der Waals surface area (Å²) in [5.41, 5.74) is 5.40. The molecule has 168 valence electrons. The van der Waals surface area contributed by atoms with Gasteiger partial charge in [-0.05, 0) is 48.7 Å². The molecule has 0 aliphatic carbocycles. The summed E-state index contributed by atoms with van der Waals surface area (Å²) in [6, 6.07) is 24.5. The van der Waals surface area contributed by atoms with Gasteiger partial charge < -0.3 is 14.2 Å². The van der Waals surface area contributed by atoms with E-state index in [-0.39, 0.29) is 11.8 Å². The van der Waals surface area contributed by atoms with Crippen molar-refractivity contribution in [3.63, 3.8) is 0 Å². The first-order valence-corrected chi connectivity index (χ1v) is 11.7. The highest BCUT2D eigenvalue weighted by Crippen LogP contribution is 2.34. The van der Waals surface area contributed by atoms with Crippen LogP contribution in [0.15, 0.2) is 72.8 Å². The van der Waals surface area contributed by atoms with Crippen molar-refractivity contribution < 1.29 is 9.53 Å². The average Bonchev–Trinajstić information content (AvgIpc) is 3.41. The van der Waals surface area contributed by atoms with Crippen molar-refractivity contribution in [2.45, 2.75) is 39.2 Å². The molecule has 1 amide bonds. The number of aromatic nitrogens is 2. The number of hydrogen-bond donors (Lipinski definition) is 0. The van der Waals surface area contributed by atoms with Gasteiger partial charge in [0.15, 0.2) is 0 Å². The lowest BCUT2D eigenvalue weighted by atomic mass is 10.1. The fraction of sp³-hybridized carbons (Fsp3) is 0.286. The predicted molar refractivity (Wildman–Crippen MR) is 132 cm³/mol. The van der Waals surface area contributed by atoms with Crippen molar-refractivity contribution in [1.29, 1.82) is 0 Å². The number of ether oxygens (including phenoxy) is 1. The summed E-state index contributed by atoms with van der Waals surface area (Å²) in [5.74, 6) is 2.08. The molecule has 0 spiro atoms. The monoisotopic (exact) mass is 439 g/mol. The Balaban J connectivity index is 1.42. The van der Waals surface area contributed by atoms with Crippen LogP contribution in [0.3, 0.4) is 0 Å². The molecular weight excluding hydrogens is 410 g/mol. The first-order valence-electron chi connectivity index (χ1n) is 11.7. The second-order valence-electron chi connectivity index (χ2n) is 8.61. The Bertz CT molecular complexity index is 1290. The zero-order chi connectivity index (χ0) is 22.8. The van der Waals surface area contributed by atoms with E-state index in [4.69, 9.17) is 9.72 Å². The summed E-state index contributed by atoms with van der Waals surface area (Å²) in [6.07, 6.45) is 1.37. The molecule has 0 N–H and O–H groups in total. The van der Waals surface area contributed by atoms with E-state index in [1.165, 1.54) is 5.56 Å². The third kappa shape index (κ3) is 4.11. The van der Waals surface area contributed by atoms with Crippen LogP contribution in [0.4, 0.5) is 5.69 Å². The van der Waals surface area contributed by atoms with Gasteiger partial charge in [0.25, 0.3) is 0 Å². The maximum atomic E-state index is 13.1. The minimum Gasteiger partial charge on any atom is -0.491 e. The summed E-state index contributed by atoms with van der Waals surface area (Å²) in [7, 11) is 0. The number of hydrogen-bond acceptors (Lipinski definition) is 3. The van der Waals surface area contributed by atoms with Crippen molar-refractivity contribution in [1.82, 2.24) is 9.55 Å². The minimum absolute atomic E-state index is 0.0493. The third-order valence-electron chi connectivity index (χ3n) is 6.50. The number of aryl methyl sites for hydroxylation is 2. The number of fused-ring (bicyclic) bond motifs is 1. The fourth-order valence-corrected chi connectivity index (χ4v) is 4.79. The van der Waals surface area contributed by atoms with Crippen LogP contribution in [0.1, 0.15) is 36.2 Å². The Hall–Kier alpha value is -3.60. The predicted octanol–water partition coefficient (Wildman–Crippen LogP) is 5.51. The number of rotatable bonds is 7. The van der Waals surface area contributed by atoms with Crippen LogP contribution in [0.25, 0.3) is 11.0 Å². The molecule has 1 aliphatic rings. The molecule has 1 fully saturated rings. The molecule has 0 bridgehead atoms. The normalized spacial score (nSPS) is 16.0. The highest BCUT2D eigenvalue weighted by atomic mass is 16.5. The Labute approximate surface area is 194 Å². The molecule has 33 heavy (non-hydrogen) atoms. The molecule has 0 saturated carbocycles. The zero-order valence-corrected chi connectivity index (χ0v) is 19.2. The highest BCUT2D eigenvalue weighted by Gasteiger charge is 2.35. The molecule has 5 nitrogen and oxygen atoms in total. The van der Waals surface area contributed by atoms with E-state index in [0.29, 0.717) is 26.1 Å². The van der Waals surface area contributed by atoms with Crippen LogP contribution in [-0.2, 0) is 17.8 Å². The number of benzene rings is 3. The summed E-state index contributed by atoms with van der Waals surface area (Å²) >= 11 is 0. The first-order chi connectivity index (χ1) is 16.2. The van der Waals surface area contributed by atoms with Crippen LogP contribution < -0.4 is 9.64 Å². The highest BCUT2D eigenvalue weighted by molar-refractivity contribution is 5.97. The van der Waals surface area contributed by atoms with Gasteiger partial charge in [-0.3, -0.25) is 4.79 Å². The van der Waals surface area contributed by atoms with Gasteiger partial charge in [-0.25, -0.2) is 4.98 Å². The van der Waals surface area contributed by atoms with Gasteiger partial charge in [0.2, 0.25) is 5.91 Å². The second-order valence-corrected chi connectivity index (χ2v) is 8.61. The Morgan fingerprint density at radius 3 is 2.61 bits per heavy atom. The van der Waals surface area contributed by atoms with Gasteiger partial charge in [-0.15, -0.1) is 0 Å². The summed E-state index contributed by atoms with van der Waals surface area (Å²) in [4.78, 5) is 20.0. The van der Waals surface area contributed by atoms with E-state index in [1.54, 1.807) is 0 Å². The number of anilines is 1. The minimum atomic E-state index is 0.0493. The van der Waals surface area contributed by atoms with Crippen molar-refractivity contribution in [2.75, 3.05) is 18.1 Å². The molecule has 5 rings (SSSR count). The molecule has 1 saturated heterocycles. The molecule has 0 unspecified atom stereocenters. The number of carbonyl (C=O) groups excluding carboxylic acids is 1. The van der Waals surface area contributed by atoms with Gasteiger partial charge in [0.05, 0.1) is 17.6 Å². The van der Waals surface area contributed by atoms with Crippen molar-refractivity contribution in [2.24, 2.45) is 0 Å². The van der Waals surface area contributed by atoms with E-state index in [2.05, 4.69) is 42.7 Å². The van der Waals surface area contributed by atoms with Crippen LogP contribution in [0, 0.1) is 6.92 Å². The van der Waals surface area contributed by atoms with Gasteiger partial charge >= 0.3 is 0 Å². The average molecular weight is 440 g/mol. The molecule has 4 aromatic rings. The topological polar surface area (TPSA) is 47.4 Å². The molecule has 2 heterocycles. The standard InChI is InChI=1S/C28H29N3O2/c1-3-21-11-5-7-13-24(21)31-19-22(18-27(31)32)28-29-23-12-6-8-14-25(23)30(28)16-17-33-26-15-9-4-10-20(26)2/h4-15,22H,3,16-19H2,1-2H3/t22-/m1/s1. The molecule has 1 aliphatic heterocycles. The second kappa shape index (κ2) is 9.10. The lowest BCUT2D eigenvalue weighted by Gasteiger charge is -2.20. The number of amides is 1. The zero-order valence-electron chi connectivity index (χ0n) is 19.2. The largest absolute Gasteiger partial charge is 0.491 e. The fourth-order valence-electron chi connectivity index (χ4n) is 4.79. The van der Waals surface area contributed by atoms with Crippen LogP contribution >= 0.6 is 0 Å². The van der Waals surface area contributed by atoms with Gasteiger partial charge in [-0.2, -0.15) is 0 Å². The smallest absolute Gasteiger partial charge is 0.227 e. The maximum absolute atomic E-state index is 13.1. The summed E-state index contributed by atoms with van der Waals surface area (Å²) in [6.45, 7) is 6.06. The first kappa shape index (κ1) is 21.3. The summed E-state index contributed by atoms with van der Waals surface area (Å²) < 4.78 is 8.33. The number of carbonyl (C=O) groups is 1. The van der Waals surface area contributed by atoms with E-state index in [1.807, 2.05) is 53.4 Å². The van der Waals surface area contributed by atoms with Crippen LogP contribution in [-0.4, -0.2) is 28.6 Å². The molecule has 5 heteroatoms. The van der Waals surface area contributed by atoms with Crippen molar-refractivity contribution in [3.8, 4) is 5.75 Å². The maximum Gasteiger partial charge on any atom is 0.227 e. The molecule has 1 atom stereocenters. The molecule has 1 aromatic heterocycles. The Morgan fingerprint density at radius 1 is 1.00 bits per heavy atom. The van der Waals surface area contributed by atoms with E-state index < -0.39 is 0 Å². The van der Waals surface area contributed by atoms with E-state index in [9.17, 15) is 4.79 Å². The van der Waals surface area contributed by atoms with Crippen LogP contribution in [0.2, 0.25) is 0 Å². The van der Waals surface area contributed by atoms with Gasteiger partial charge in [0, 0.05) is 24.6 Å². The number of imidazole rings is 1. The van der Waals surface area contributed by atoms with E-state index in [0.717, 1.165) is 40.3 Å². The van der Waals surface area contributed by atoms with E-state index >= 15 is 0 Å². The van der Waals surface area contributed by atoms with Gasteiger partial charge in [0.1, 0.15) is 18.2 Å². The molecule has 0 radical (unpaired) electrons. The lowest BCUT2D eigenvalue weighted by molar-refractivity contribution is -0.117. The third-order valence-corrected chi connectivity index (χ3v) is 6.50. The summed E-state index contributed by atoms with van der Waals surface area (Å²) in [5, 5.41) is 0. The Morgan fingerprint density at radius 2 is 1.76 bits per heavy atom. The van der Waals surface area contributed by atoms with Crippen molar-refractivity contribution in [3.05, 3.63) is 89.7 Å². The SMILES string of the molecule is CCc1ccccc1N1C[C@H](c2nc3ccccc3n2CCOc2ccccc2C)CC1=O. The number of nitrogens with zero attached hydrogens (tertiary/aromatic N) is 3. The lowest BCUT2D eigenvalue weighted by Crippen LogP contribution is -2.25. The van der Waals surface area contributed by atoms with Gasteiger partial charge in [-0.1, -0.05) is 55.5 Å². The number of para-hydroxylation sites is 4.